The first-order chi connectivity index (χ1) is 20.5. The molecule has 230 valence electrons. The Morgan fingerprint density at radius 2 is 1.81 bits per heavy atom. The van der Waals surface area contributed by atoms with E-state index in [9.17, 15) is 14.3 Å². The number of carboxylic acid groups (broad SMARTS) is 1. The molecule has 1 aliphatic heterocycles. The van der Waals surface area contributed by atoms with Crippen LogP contribution in [0.3, 0.4) is 0 Å². The van der Waals surface area contributed by atoms with E-state index in [1.807, 2.05) is 19.9 Å². The molecule has 3 unspecified atom stereocenters. The summed E-state index contributed by atoms with van der Waals surface area (Å²) < 4.78 is 14.2. The third-order valence-electron chi connectivity index (χ3n) is 12.6. The molecular weight excluding hydrogens is 533 g/mol. The highest BCUT2D eigenvalue weighted by molar-refractivity contribution is 5.75. The number of allylic oxidation sites excluding steroid dienone is 2. The first-order valence-corrected chi connectivity index (χ1v) is 17.1. The van der Waals surface area contributed by atoms with Gasteiger partial charge in [0, 0.05) is 25.0 Å². The predicted molar refractivity (Wildman–Crippen MR) is 172 cm³/mol. The highest BCUT2D eigenvalue weighted by Crippen LogP contribution is 2.67. The third-order valence-corrected chi connectivity index (χ3v) is 12.6. The average molecular weight is 584 g/mol. The molecule has 0 radical (unpaired) electrons. The normalized spacial score (nSPS) is 29.3. The van der Waals surface area contributed by atoms with Crippen LogP contribution in [-0.2, 0) is 11.3 Å². The van der Waals surface area contributed by atoms with Crippen LogP contribution in [0.1, 0.15) is 120 Å². The second kappa shape index (κ2) is 10.6. The molecule has 5 aliphatic rings. The van der Waals surface area contributed by atoms with Crippen molar-refractivity contribution in [1.29, 1.82) is 0 Å². The summed E-state index contributed by atoms with van der Waals surface area (Å²) in [4.78, 5) is 14.5. The van der Waals surface area contributed by atoms with Gasteiger partial charge in [0.2, 0.25) is 0 Å². The van der Waals surface area contributed by atoms with E-state index in [-0.39, 0.29) is 5.82 Å². The molecule has 3 saturated carbocycles. The van der Waals surface area contributed by atoms with Gasteiger partial charge in [0.1, 0.15) is 5.82 Å². The molecule has 2 aromatic rings. The number of aliphatic carboxylic acids is 1. The van der Waals surface area contributed by atoms with Gasteiger partial charge in [-0.05, 0) is 147 Å². The fraction of sp³-hybridized carbons (Fsp3) is 0.615. The number of aryl methyl sites for hydroxylation is 1. The van der Waals surface area contributed by atoms with Crippen LogP contribution in [0, 0.1) is 41.3 Å². The largest absolute Gasteiger partial charge is 0.481 e. The van der Waals surface area contributed by atoms with Crippen molar-refractivity contribution in [3.05, 3.63) is 69.5 Å². The molecule has 1 spiro atoms. The van der Waals surface area contributed by atoms with E-state index in [1.165, 1.54) is 66.6 Å². The second-order valence-electron chi connectivity index (χ2n) is 15.7. The standard InChI is InChI=1S/C39H50FNO2/c1-6-23(2)30-16-26(17-31(28-7-8-28)36(30)29-9-10-35(40)24(3)15-29)20-41-21-39(22-41)19-33(32-18-34(32)39)25(4)27-11-13-38(5,14-12-27)37(42)43/h9-10,15-17,23,25,27-28,34H,6-8,11-14,18-22H2,1-5H3,(H,42,43). The molecule has 1 heterocycles. The Kier molecular flexibility index (Phi) is 7.19. The number of rotatable bonds is 9. The van der Waals surface area contributed by atoms with E-state index in [2.05, 4.69) is 43.9 Å². The lowest BCUT2D eigenvalue weighted by Crippen LogP contribution is -2.56. The predicted octanol–water partition coefficient (Wildman–Crippen LogP) is 9.63. The Bertz CT molecular complexity index is 1470. The van der Waals surface area contributed by atoms with Crippen LogP contribution in [0.5, 0.6) is 0 Å². The zero-order valence-corrected chi connectivity index (χ0v) is 26.9. The maximum atomic E-state index is 14.2. The second-order valence-corrected chi connectivity index (χ2v) is 15.7. The summed E-state index contributed by atoms with van der Waals surface area (Å²) in [5.74, 6) is 2.41. The van der Waals surface area contributed by atoms with Gasteiger partial charge >= 0.3 is 5.97 Å². The summed E-state index contributed by atoms with van der Waals surface area (Å²) >= 11 is 0. The monoisotopic (exact) mass is 583 g/mol. The fourth-order valence-electron chi connectivity index (χ4n) is 9.30. The maximum absolute atomic E-state index is 14.2. The van der Waals surface area contributed by atoms with Crippen molar-refractivity contribution in [3.8, 4) is 11.1 Å². The third kappa shape index (κ3) is 5.10. The van der Waals surface area contributed by atoms with Gasteiger partial charge in [-0.2, -0.15) is 0 Å². The summed E-state index contributed by atoms with van der Waals surface area (Å²) in [5.41, 5.74) is 11.1. The van der Waals surface area contributed by atoms with Crippen molar-refractivity contribution in [2.75, 3.05) is 13.1 Å². The molecule has 1 saturated heterocycles. The van der Waals surface area contributed by atoms with Crippen molar-refractivity contribution in [2.45, 2.75) is 111 Å². The van der Waals surface area contributed by atoms with Gasteiger partial charge in [0.25, 0.3) is 0 Å². The zero-order valence-electron chi connectivity index (χ0n) is 26.9. The number of halogens is 1. The Balaban J connectivity index is 1.06. The lowest BCUT2D eigenvalue weighted by molar-refractivity contribution is -0.150. The van der Waals surface area contributed by atoms with Crippen molar-refractivity contribution >= 4 is 5.97 Å². The van der Waals surface area contributed by atoms with Gasteiger partial charge in [0.15, 0.2) is 0 Å². The molecule has 3 atom stereocenters. The highest BCUT2D eigenvalue weighted by Gasteiger charge is 2.61. The molecule has 2 aromatic carbocycles. The molecule has 4 aliphatic carbocycles. The summed E-state index contributed by atoms with van der Waals surface area (Å²) in [6.45, 7) is 14.3. The topological polar surface area (TPSA) is 40.5 Å². The van der Waals surface area contributed by atoms with Gasteiger partial charge in [0.05, 0.1) is 5.41 Å². The van der Waals surface area contributed by atoms with Crippen LogP contribution in [0.25, 0.3) is 11.1 Å². The number of nitrogens with zero attached hydrogens (tertiary/aromatic N) is 1. The number of hydrogen-bond donors (Lipinski definition) is 1. The average Bonchev–Trinajstić information content (AvgIpc) is 3.91. The number of fused-ring (bicyclic) bond motifs is 2. The van der Waals surface area contributed by atoms with Crippen molar-refractivity contribution in [3.63, 3.8) is 0 Å². The number of carbonyl (C=O) groups is 1. The minimum Gasteiger partial charge on any atom is -0.481 e. The van der Waals surface area contributed by atoms with Crippen LogP contribution in [0.2, 0.25) is 0 Å². The number of hydrogen-bond acceptors (Lipinski definition) is 2. The Labute approximate surface area is 258 Å². The summed E-state index contributed by atoms with van der Waals surface area (Å²) in [7, 11) is 0. The highest BCUT2D eigenvalue weighted by atomic mass is 19.1. The molecule has 43 heavy (non-hydrogen) atoms. The Morgan fingerprint density at radius 1 is 1.09 bits per heavy atom. The van der Waals surface area contributed by atoms with Crippen molar-refractivity contribution in [2.24, 2.45) is 28.6 Å². The molecule has 0 aromatic heterocycles. The van der Waals surface area contributed by atoms with Gasteiger partial charge < -0.3 is 5.11 Å². The minimum atomic E-state index is -0.613. The fourth-order valence-corrected chi connectivity index (χ4v) is 9.30. The Hall–Kier alpha value is -2.46. The maximum Gasteiger partial charge on any atom is 0.309 e. The first-order valence-electron chi connectivity index (χ1n) is 17.1. The van der Waals surface area contributed by atoms with E-state index in [1.54, 1.807) is 17.2 Å². The number of benzene rings is 2. The molecule has 4 heteroatoms. The van der Waals surface area contributed by atoms with Crippen LogP contribution in [-0.4, -0.2) is 29.1 Å². The van der Waals surface area contributed by atoms with E-state index >= 15 is 0 Å². The van der Waals surface area contributed by atoms with Gasteiger partial charge in [-0.15, -0.1) is 0 Å². The van der Waals surface area contributed by atoms with Crippen LogP contribution in [0.4, 0.5) is 4.39 Å². The van der Waals surface area contributed by atoms with E-state index in [0.717, 1.165) is 50.1 Å². The molecule has 1 N–H and O–H groups in total. The SMILES string of the molecule is CCC(C)c1cc(CN2CC3(CC(C(C)C4CCC(C)(C(=O)O)CC4)=C4CC43)C2)cc(C2CC2)c1-c1ccc(F)c(C)c1. The van der Waals surface area contributed by atoms with Gasteiger partial charge in [-0.1, -0.05) is 50.1 Å². The number of likely N-dealkylation sites (tertiary alicyclic amines) is 1. The summed E-state index contributed by atoms with van der Waals surface area (Å²) in [6, 6.07) is 10.7. The summed E-state index contributed by atoms with van der Waals surface area (Å²) in [5, 5.41) is 9.68. The lowest BCUT2D eigenvalue weighted by Gasteiger charge is -2.50. The van der Waals surface area contributed by atoms with Crippen LogP contribution < -0.4 is 0 Å². The lowest BCUT2D eigenvalue weighted by atomic mass is 9.66. The smallest absolute Gasteiger partial charge is 0.309 e. The molecule has 7 rings (SSSR count). The number of carboxylic acids is 1. The minimum absolute atomic E-state index is 0.122. The molecule has 0 bridgehead atoms. The molecule has 0 amide bonds. The molecule has 4 fully saturated rings. The molecular formula is C39H50FNO2. The zero-order chi connectivity index (χ0) is 30.3. The van der Waals surface area contributed by atoms with E-state index in [4.69, 9.17) is 0 Å². The first kappa shape index (κ1) is 29.3. The van der Waals surface area contributed by atoms with Crippen molar-refractivity contribution < 1.29 is 14.3 Å². The van der Waals surface area contributed by atoms with E-state index in [0.29, 0.717) is 29.1 Å². The molecule has 3 nitrogen and oxygen atoms in total. The summed E-state index contributed by atoms with van der Waals surface area (Å²) in [6.07, 6.45) is 9.95. The Morgan fingerprint density at radius 3 is 2.44 bits per heavy atom. The van der Waals surface area contributed by atoms with Gasteiger partial charge in [-0.3, -0.25) is 9.69 Å². The quantitative estimate of drug-likeness (QED) is 0.299. The van der Waals surface area contributed by atoms with Crippen LogP contribution >= 0.6 is 0 Å². The van der Waals surface area contributed by atoms with Crippen molar-refractivity contribution in [1.82, 2.24) is 4.90 Å². The van der Waals surface area contributed by atoms with E-state index < -0.39 is 11.4 Å². The van der Waals surface area contributed by atoms with Gasteiger partial charge in [-0.25, -0.2) is 4.39 Å². The van der Waals surface area contributed by atoms with Crippen LogP contribution in [0.15, 0.2) is 41.5 Å².